The molecule has 1 aromatic heterocycles. The molecule has 1 aliphatic heterocycles. The third-order valence-electron chi connectivity index (χ3n) is 5.38. The molecule has 0 bridgehead atoms. The minimum absolute atomic E-state index is 0.0939. The van der Waals surface area contributed by atoms with Gasteiger partial charge in [-0.15, -0.1) is 13.2 Å². The molecule has 2 unspecified atom stereocenters. The van der Waals surface area contributed by atoms with E-state index in [1.165, 1.54) is 18.3 Å². The maximum atomic E-state index is 13.0. The van der Waals surface area contributed by atoms with Crippen LogP contribution in [0.1, 0.15) is 18.4 Å². The van der Waals surface area contributed by atoms with Crippen LogP contribution in [0.2, 0.25) is 0 Å². The number of halogens is 3. The third kappa shape index (κ3) is 5.71. The van der Waals surface area contributed by atoms with Crippen molar-refractivity contribution in [1.29, 1.82) is 0 Å². The van der Waals surface area contributed by atoms with Crippen molar-refractivity contribution in [3.05, 3.63) is 78.5 Å². The zero-order chi connectivity index (χ0) is 25.9. The van der Waals surface area contributed by atoms with E-state index >= 15 is 0 Å². The van der Waals surface area contributed by atoms with Gasteiger partial charge in [0, 0.05) is 17.8 Å². The van der Waals surface area contributed by atoms with Crippen LogP contribution in [0.4, 0.5) is 40.0 Å². The molecule has 3 N–H and O–H groups in total. The predicted molar refractivity (Wildman–Crippen MR) is 125 cm³/mol. The Labute approximate surface area is 203 Å². The van der Waals surface area contributed by atoms with E-state index in [0.717, 1.165) is 17.0 Å². The Morgan fingerprint density at radius 1 is 1.06 bits per heavy atom. The highest BCUT2D eigenvalue weighted by Crippen LogP contribution is 2.30. The summed E-state index contributed by atoms with van der Waals surface area (Å²) < 4.78 is 41.0. The summed E-state index contributed by atoms with van der Waals surface area (Å²) in [5, 5.41) is 7.89. The Kier molecular flexibility index (Phi) is 6.77. The molecule has 2 heterocycles. The number of amides is 5. The summed E-state index contributed by atoms with van der Waals surface area (Å²) in [6.45, 7) is 1.72. The smallest absolute Gasteiger partial charge is 0.406 e. The maximum absolute atomic E-state index is 13.0. The summed E-state index contributed by atoms with van der Waals surface area (Å²) in [6.07, 6.45) is -3.40. The Morgan fingerprint density at radius 2 is 1.75 bits per heavy atom. The van der Waals surface area contributed by atoms with Crippen LogP contribution in [0.15, 0.2) is 72.9 Å². The molecule has 186 valence electrons. The summed E-state index contributed by atoms with van der Waals surface area (Å²) in [5.74, 6) is -1.33. The van der Waals surface area contributed by atoms with Crippen molar-refractivity contribution < 1.29 is 32.3 Å². The lowest BCUT2D eigenvalue weighted by Crippen LogP contribution is -2.35. The average molecular weight is 499 g/mol. The van der Waals surface area contributed by atoms with Crippen LogP contribution in [-0.2, 0) is 4.79 Å². The lowest BCUT2D eigenvalue weighted by molar-refractivity contribution is -0.274. The molecule has 0 spiro atoms. The number of carbonyl (C=O) groups excluding carboxylic acids is 3. The zero-order valence-corrected chi connectivity index (χ0v) is 18.7. The van der Waals surface area contributed by atoms with E-state index in [1.54, 1.807) is 43.3 Å². The molecule has 5 amide bonds. The zero-order valence-electron chi connectivity index (χ0n) is 18.7. The highest BCUT2D eigenvalue weighted by molar-refractivity contribution is 6.21. The maximum Gasteiger partial charge on any atom is 0.573 e. The summed E-state index contributed by atoms with van der Waals surface area (Å²) in [4.78, 5) is 42.8. The van der Waals surface area contributed by atoms with E-state index in [0.29, 0.717) is 11.3 Å². The van der Waals surface area contributed by atoms with E-state index in [4.69, 9.17) is 0 Å². The molecule has 0 saturated carbocycles. The molecule has 1 fully saturated rings. The largest absolute Gasteiger partial charge is 0.573 e. The number of ether oxygens (including phenoxy) is 1. The highest BCUT2D eigenvalue weighted by Gasteiger charge is 2.42. The third-order valence-corrected chi connectivity index (χ3v) is 5.38. The Bertz CT molecular complexity index is 1270. The first-order chi connectivity index (χ1) is 17.1. The molecule has 3 aromatic rings. The number of nitrogens with zero attached hydrogens (tertiary/aromatic N) is 2. The predicted octanol–water partition coefficient (Wildman–Crippen LogP) is 4.85. The summed E-state index contributed by atoms with van der Waals surface area (Å²) >= 11 is 0. The molecule has 36 heavy (non-hydrogen) atoms. The standard InChI is InChI=1S/C24H20F3N5O4/c1-14(15-11-12-28-19(13-15)30-22(34)29-16-5-3-2-4-6-16)20-21(33)32(23(35)31-20)17-7-9-18(10-8-17)36-24(25,26)27/h2-14,20H,1H3,(H,31,35)(H2,28,29,30,34). The van der Waals surface area contributed by atoms with Crippen LogP contribution < -0.4 is 25.6 Å². The van der Waals surface area contributed by atoms with Crippen molar-refractivity contribution >= 4 is 35.2 Å². The fourth-order valence-corrected chi connectivity index (χ4v) is 3.67. The Hall–Kier alpha value is -4.61. The number of imide groups is 1. The first-order valence-electron chi connectivity index (χ1n) is 10.7. The van der Waals surface area contributed by atoms with Gasteiger partial charge in [-0.05, 0) is 54.1 Å². The molecule has 9 nitrogen and oxygen atoms in total. The minimum Gasteiger partial charge on any atom is -0.406 e. The number of hydrogen-bond acceptors (Lipinski definition) is 5. The van der Waals surface area contributed by atoms with E-state index in [9.17, 15) is 27.6 Å². The van der Waals surface area contributed by atoms with Crippen molar-refractivity contribution in [2.75, 3.05) is 15.5 Å². The molecule has 2 aromatic carbocycles. The van der Waals surface area contributed by atoms with Gasteiger partial charge in [-0.2, -0.15) is 0 Å². The lowest BCUT2D eigenvalue weighted by atomic mass is 9.94. The van der Waals surface area contributed by atoms with Gasteiger partial charge in [-0.1, -0.05) is 25.1 Å². The lowest BCUT2D eigenvalue weighted by Gasteiger charge is -2.19. The number of benzene rings is 2. The van der Waals surface area contributed by atoms with Crippen molar-refractivity contribution in [2.24, 2.45) is 0 Å². The normalized spacial score (nSPS) is 16.3. The summed E-state index contributed by atoms with van der Waals surface area (Å²) in [6, 6.07) is 14.3. The highest BCUT2D eigenvalue weighted by atomic mass is 19.4. The quantitative estimate of drug-likeness (QED) is 0.420. The van der Waals surface area contributed by atoms with Crippen molar-refractivity contribution in [2.45, 2.75) is 25.2 Å². The molecular weight excluding hydrogens is 479 g/mol. The Morgan fingerprint density at radius 3 is 2.42 bits per heavy atom. The van der Waals surface area contributed by atoms with Crippen LogP contribution in [0.25, 0.3) is 0 Å². The van der Waals surface area contributed by atoms with Gasteiger partial charge in [0.05, 0.1) is 5.69 Å². The topological polar surface area (TPSA) is 113 Å². The molecule has 1 aliphatic rings. The first kappa shape index (κ1) is 24.5. The molecule has 4 rings (SSSR count). The number of pyridine rings is 1. The number of anilines is 3. The number of aromatic nitrogens is 1. The van der Waals surface area contributed by atoms with E-state index < -0.39 is 42.0 Å². The van der Waals surface area contributed by atoms with Crippen LogP contribution in [-0.4, -0.2) is 35.4 Å². The number of rotatable bonds is 6. The minimum atomic E-state index is -4.86. The van der Waals surface area contributed by atoms with Gasteiger partial charge < -0.3 is 15.4 Å². The SMILES string of the molecule is CC(c1ccnc(NC(=O)Nc2ccccc2)c1)C1NC(=O)N(c2ccc(OC(F)(F)F)cc2)C1=O. The van der Waals surface area contributed by atoms with Crippen molar-refractivity contribution in [3.8, 4) is 5.75 Å². The van der Waals surface area contributed by atoms with E-state index in [-0.39, 0.29) is 11.5 Å². The molecule has 0 radical (unpaired) electrons. The average Bonchev–Trinajstić information content (AvgIpc) is 3.12. The van der Waals surface area contributed by atoms with Gasteiger partial charge in [0.1, 0.15) is 17.6 Å². The van der Waals surface area contributed by atoms with Crippen LogP contribution in [0.5, 0.6) is 5.75 Å². The molecule has 0 aliphatic carbocycles. The molecular formula is C24H20F3N5O4. The second kappa shape index (κ2) is 9.94. The van der Waals surface area contributed by atoms with Crippen LogP contribution in [0, 0.1) is 0 Å². The fourth-order valence-electron chi connectivity index (χ4n) is 3.67. The number of carbonyl (C=O) groups is 3. The summed E-state index contributed by atoms with van der Waals surface area (Å²) in [5.41, 5.74) is 1.31. The number of hydrogen-bond donors (Lipinski definition) is 3. The van der Waals surface area contributed by atoms with E-state index in [2.05, 4.69) is 25.7 Å². The molecule has 2 atom stereocenters. The second-order valence-corrected chi connectivity index (χ2v) is 7.85. The van der Waals surface area contributed by atoms with E-state index in [1.807, 2.05) is 6.07 Å². The van der Waals surface area contributed by atoms with Gasteiger partial charge in [0.2, 0.25) is 0 Å². The summed E-state index contributed by atoms with van der Waals surface area (Å²) in [7, 11) is 0. The molecule has 1 saturated heterocycles. The van der Waals surface area contributed by atoms with Crippen LogP contribution in [0.3, 0.4) is 0 Å². The Balaban J connectivity index is 1.44. The first-order valence-corrected chi connectivity index (χ1v) is 10.7. The second-order valence-electron chi connectivity index (χ2n) is 7.85. The fraction of sp³-hybridized carbons (Fsp3) is 0.167. The van der Waals surface area contributed by atoms with Gasteiger partial charge in [-0.25, -0.2) is 19.5 Å². The van der Waals surface area contributed by atoms with Crippen molar-refractivity contribution in [3.63, 3.8) is 0 Å². The van der Waals surface area contributed by atoms with Crippen LogP contribution >= 0.6 is 0 Å². The number of nitrogens with one attached hydrogen (secondary N) is 3. The molecule has 12 heteroatoms. The van der Waals surface area contributed by atoms with Gasteiger partial charge in [-0.3, -0.25) is 10.1 Å². The number of para-hydroxylation sites is 1. The number of urea groups is 2. The monoisotopic (exact) mass is 499 g/mol. The van der Waals surface area contributed by atoms with Gasteiger partial charge in [0.25, 0.3) is 5.91 Å². The van der Waals surface area contributed by atoms with Gasteiger partial charge >= 0.3 is 18.4 Å². The number of alkyl halides is 3. The van der Waals surface area contributed by atoms with Gasteiger partial charge in [0.15, 0.2) is 0 Å². The van der Waals surface area contributed by atoms with Crippen molar-refractivity contribution in [1.82, 2.24) is 10.3 Å².